The van der Waals surface area contributed by atoms with Crippen molar-refractivity contribution in [2.24, 2.45) is 5.41 Å². The number of hydrogen-bond donors (Lipinski definition) is 1. The van der Waals surface area contributed by atoms with E-state index in [4.69, 9.17) is 5.11 Å². The number of aliphatic carboxylic acids is 1. The molecule has 1 N–H and O–H groups in total. The van der Waals surface area contributed by atoms with E-state index < -0.39 is 5.97 Å². The van der Waals surface area contributed by atoms with Crippen molar-refractivity contribution < 1.29 is 9.90 Å². The third kappa shape index (κ3) is 14.4. The Bertz CT molecular complexity index is 334. The third-order valence-electron chi connectivity index (χ3n) is 6.26. The van der Waals surface area contributed by atoms with Gasteiger partial charge in [0.1, 0.15) is 0 Å². The number of rotatable bonds is 19. The van der Waals surface area contributed by atoms with Crippen LogP contribution in [0.2, 0.25) is 0 Å². The molecule has 0 spiro atoms. The summed E-state index contributed by atoms with van der Waals surface area (Å²) in [6.07, 6.45) is 25.4. The first-order valence-electron chi connectivity index (χ1n) is 11.5. The zero-order chi connectivity index (χ0) is 19.5. The van der Waals surface area contributed by atoms with Crippen molar-refractivity contribution in [3.8, 4) is 0 Å². The Kier molecular flexibility index (Phi) is 17.1. The molecule has 154 valence electrons. The molecule has 0 atom stereocenters. The van der Waals surface area contributed by atoms with Gasteiger partial charge < -0.3 is 5.11 Å². The highest BCUT2D eigenvalue weighted by atomic mass is 16.4. The molecule has 0 amide bonds. The maximum absolute atomic E-state index is 10.4. The lowest BCUT2D eigenvalue weighted by Crippen LogP contribution is -2.17. The van der Waals surface area contributed by atoms with Crippen LogP contribution in [0.25, 0.3) is 0 Å². The molecule has 0 aromatic heterocycles. The van der Waals surface area contributed by atoms with Crippen molar-refractivity contribution in [1.82, 2.24) is 0 Å². The second-order valence-electron chi connectivity index (χ2n) is 8.04. The van der Waals surface area contributed by atoms with Crippen LogP contribution in [0, 0.1) is 5.41 Å². The standard InChI is InChI=1S/C24H46O2/c1-4-24(5-2,6-3)22-20-18-16-14-12-10-8-7-9-11-13-15-17-19-21-23(25)26/h7-8H,4-6,9-22H2,1-3H3,(H,25,26). The van der Waals surface area contributed by atoms with Gasteiger partial charge in [-0.3, -0.25) is 4.79 Å². The molecule has 0 aliphatic rings. The van der Waals surface area contributed by atoms with Gasteiger partial charge >= 0.3 is 5.97 Å². The number of carboxylic acids is 1. The molecule has 0 radical (unpaired) electrons. The van der Waals surface area contributed by atoms with Crippen LogP contribution in [0.1, 0.15) is 130 Å². The van der Waals surface area contributed by atoms with Crippen molar-refractivity contribution in [1.29, 1.82) is 0 Å². The molecule has 0 aliphatic heterocycles. The fourth-order valence-corrected chi connectivity index (χ4v) is 3.88. The fraction of sp³-hybridized carbons (Fsp3) is 0.875. The van der Waals surface area contributed by atoms with Crippen molar-refractivity contribution in [3.63, 3.8) is 0 Å². The second kappa shape index (κ2) is 17.6. The molecule has 0 rings (SSSR count). The SMILES string of the molecule is CCC(CC)(CC)CCCCCCCC=CCCCCCCCC(=O)O. The molecule has 0 aromatic carbocycles. The van der Waals surface area contributed by atoms with Crippen LogP contribution in [0.15, 0.2) is 12.2 Å². The molecule has 0 unspecified atom stereocenters. The van der Waals surface area contributed by atoms with Gasteiger partial charge in [0.05, 0.1) is 0 Å². The van der Waals surface area contributed by atoms with Crippen LogP contribution in [-0.2, 0) is 4.79 Å². The van der Waals surface area contributed by atoms with Gasteiger partial charge in [-0.25, -0.2) is 0 Å². The summed E-state index contributed by atoms with van der Waals surface area (Å²) in [5, 5.41) is 8.57. The van der Waals surface area contributed by atoms with E-state index in [1.807, 2.05) is 0 Å². The van der Waals surface area contributed by atoms with Crippen molar-refractivity contribution >= 4 is 5.97 Å². The first-order valence-corrected chi connectivity index (χ1v) is 11.5. The average molecular weight is 367 g/mol. The lowest BCUT2D eigenvalue weighted by molar-refractivity contribution is -0.137. The van der Waals surface area contributed by atoms with E-state index in [1.54, 1.807) is 0 Å². The Morgan fingerprint density at radius 2 is 1.12 bits per heavy atom. The summed E-state index contributed by atoms with van der Waals surface area (Å²) in [5.41, 5.74) is 0.624. The van der Waals surface area contributed by atoms with Crippen LogP contribution in [0.3, 0.4) is 0 Å². The Morgan fingerprint density at radius 3 is 1.58 bits per heavy atom. The summed E-state index contributed by atoms with van der Waals surface area (Å²) >= 11 is 0. The van der Waals surface area contributed by atoms with Crippen LogP contribution in [-0.4, -0.2) is 11.1 Å². The Balaban J connectivity index is 3.35. The molecule has 0 fully saturated rings. The van der Waals surface area contributed by atoms with Gasteiger partial charge in [-0.15, -0.1) is 0 Å². The first-order chi connectivity index (χ1) is 12.6. The van der Waals surface area contributed by atoms with Gasteiger partial charge in [-0.1, -0.05) is 97.1 Å². The molecular weight excluding hydrogens is 320 g/mol. The van der Waals surface area contributed by atoms with E-state index in [0.29, 0.717) is 11.8 Å². The van der Waals surface area contributed by atoms with Crippen molar-refractivity contribution in [2.75, 3.05) is 0 Å². The summed E-state index contributed by atoms with van der Waals surface area (Å²) in [7, 11) is 0. The summed E-state index contributed by atoms with van der Waals surface area (Å²) in [6.45, 7) is 7.08. The smallest absolute Gasteiger partial charge is 0.303 e. The molecule has 0 saturated heterocycles. The quantitative estimate of drug-likeness (QED) is 0.184. The van der Waals surface area contributed by atoms with E-state index in [1.165, 1.54) is 89.9 Å². The summed E-state index contributed by atoms with van der Waals surface area (Å²) < 4.78 is 0. The molecule has 0 saturated carbocycles. The van der Waals surface area contributed by atoms with Gasteiger partial charge in [0.15, 0.2) is 0 Å². The van der Waals surface area contributed by atoms with Gasteiger partial charge in [0, 0.05) is 6.42 Å². The molecule has 26 heavy (non-hydrogen) atoms. The molecule has 0 aromatic rings. The maximum atomic E-state index is 10.4. The number of carboxylic acid groups (broad SMARTS) is 1. The van der Waals surface area contributed by atoms with Crippen molar-refractivity contribution in [2.45, 2.75) is 130 Å². The van der Waals surface area contributed by atoms with Crippen molar-refractivity contribution in [3.05, 3.63) is 12.2 Å². The van der Waals surface area contributed by atoms with Gasteiger partial charge in [-0.2, -0.15) is 0 Å². The lowest BCUT2D eigenvalue weighted by Gasteiger charge is -2.30. The van der Waals surface area contributed by atoms with E-state index in [-0.39, 0.29) is 0 Å². The summed E-state index contributed by atoms with van der Waals surface area (Å²) in [5.74, 6) is -0.663. The Hall–Kier alpha value is -0.790. The normalized spacial score (nSPS) is 12.1. The van der Waals surface area contributed by atoms with Crippen LogP contribution >= 0.6 is 0 Å². The van der Waals surface area contributed by atoms with E-state index >= 15 is 0 Å². The zero-order valence-corrected chi connectivity index (χ0v) is 18.0. The van der Waals surface area contributed by atoms with E-state index in [0.717, 1.165) is 12.8 Å². The highest BCUT2D eigenvalue weighted by Gasteiger charge is 2.22. The number of allylic oxidation sites excluding steroid dienone is 2. The van der Waals surface area contributed by atoms with Crippen LogP contribution < -0.4 is 0 Å². The third-order valence-corrected chi connectivity index (χ3v) is 6.26. The molecule has 0 bridgehead atoms. The minimum Gasteiger partial charge on any atom is -0.481 e. The average Bonchev–Trinajstić information content (AvgIpc) is 2.65. The molecule has 2 nitrogen and oxygen atoms in total. The van der Waals surface area contributed by atoms with Gasteiger partial charge in [-0.05, 0) is 43.9 Å². The predicted octanol–water partition coefficient (Wildman–Crippen LogP) is 8.31. The highest BCUT2D eigenvalue weighted by Crippen LogP contribution is 2.36. The van der Waals surface area contributed by atoms with E-state index in [2.05, 4.69) is 32.9 Å². The lowest BCUT2D eigenvalue weighted by atomic mass is 9.75. The molecular formula is C24H46O2. The predicted molar refractivity (Wildman–Crippen MR) is 115 cm³/mol. The van der Waals surface area contributed by atoms with E-state index in [9.17, 15) is 4.79 Å². The van der Waals surface area contributed by atoms with Gasteiger partial charge in [0.2, 0.25) is 0 Å². The minimum atomic E-state index is -0.663. The number of unbranched alkanes of at least 4 members (excludes halogenated alkanes) is 10. The first kappa shape index (κ1) is 25.2. The highest BCUT2D eigenvalue weighted by molar-refractivity contribution is 5.66. The molecule has 2 heteroatoms. The summed E-state index contributed by atoms with van der Waals surface area (Å²) in [6, 6.07) is 0. The Morgan fingerprint density at radius 1 is 0.692 bits per heavy atom. The second-order valence-corrected chi connectivity index (χ2v) is 8.04. The van der Waals surface area contributed by atoms with Crippen LogP contribution in [0.4, 0.5) is 0 Å². The topological polar surface area (TPSA) is 37.3 Å². The van der Waals surface area contributed by atoms with Crippen LogP contribution in [0.5, 0.6) is 0 Å². The largest absolute Gasteiger partial charge is 0.481 e. The summed E-state index contributed by atoms with van der Waals surface area (Å²) in [4.78, 5) is 10.4. The zero-order valence-electron chi connectivity index (χ0n) is 18.0. The monoisotopic (exact) mass is 366 g/mol. The molecule has 0 aliphatic carbocycles. The molecule has 0 heterocycles. The van der Waals surface area contributed by atoms with Gasteiger partial charge in [0.25, 0.3) is 0 Å². The Labute approximate surface area is 163 Å². The minimum absolute atomic E-state index is 0.330. The number of carbonyl (C=O) groups is 1. The number of hydrogen-bond acceptors (Lipinski definition) is 1. The maximum Gasteiger partial charge on any atom is 0.303 e. The fourth-order valence-electron chi connectivity index (χ4n) is 3.88.